The van der Waals surface area contributed by atoms with Crippen molar-refractivity contribution in [2.45, 2.75) is 18.6 Å². The predicted molar refractivity (Wildman–Crippen MR) is 69.9 cm³/mol. The van der Waals surface area contributed by atoms with Crippen molar-refractivity contribution in [3.8, 4) is 0 Å². The first-order valence-corrected chi connectivity index (χ1v) is 6.68. The number of aliphatic hydroxyl groups excluding tert-OH is 1. The molecule has 1 heterocycles. The summed E-state index contributed by atoms with van der Waals surface area (Å²) in [4.78, 5) is 12.0. The highest BCUT2D eigenvalue weighted by molar-refractivity contribution is 5.94. The van der Waals surface area contributed by atoms with Crippen LogP contribution in [0, 0.1) is 11.6 Å². The van der Waals surface area contributed by atoms with Crippen LogP contribution in [-0.2, 0) is 9.47 Å². The van der Waals surface area contributed by atoms with Crippen molar-refractivity contribution in [1.82, 2.24) is 5.32 Å². The molecule has 0 saturated carbocycles. The zero-order valence-electron chi connectivity index (χ0n) is 11.4. The van der Waals surface area contributed by atoms with Gasteiger partial charge in [-0.15, -0.1) is 0 Å². The maximum Gasteiger partial charge on any atom is 0.254 e. The molecule has 1 aromatic rings. The van der Waals surface area contributed by atoms with Crippen LogP contribution < -0.4 is 5.32 Å². The van der Waals surface area contributed by atoms with Crippen molar-refractivity contribution in [3.05, 3.63) is 35.4 Å². The van der Waals surface area contributed by atoms with E-state index in [4.69, 9.17) is 14.6 Å². The highest BCUT2D eigenvalue weighted by Crippen LogP contribution is 2.15. The Kier molecular flexibility index (Phi) is 5.60. The van der Waals surface area contributed by atoms with Crippen molar-refractivity contribution in [2.75, 3.05) is 26.4 Å². The number of ether oxygens (including phenoxy) is 2. The maximum absolute atomic E-state index is 13.6. The largest absolute Gasteiger partial charge is 0.394 e. The number of hydrogen-bond donors (Lipinski definition) is 2. The molecule has 0 unspecified atom stereocenters. The monoisotopic (exact) mass is 301 g/mol. The first-order chi connectivity index (χ1) is 10.1. The van der Waals surface area contributed by atoms with Crippen LogP contribution in [0.25, 0.3) is 0 Å². The van der Waals surface area contributed by atoms with Gasteiger partial charge in [-0.2, -0.15) is 0 Å². The van der Waals surface area contributed by atoms with Crippen molar-refractivity contribution in [3.63, 3.8) is 0 Å². The average molecular weight is 301 g/mol. The molecular weight excluding hydrogens is 284 g/mol. The van der Waals surface area contributed by atoms with Crippen LogP contribution >= 0.6 is 0 Å². The van der Waals surface area contributed by atoms with Gasteiger partial charge in [-0.1, -0.05) is 6.07 Å². The average Bonchev–Trinajstić information content (AvgIpc) is 2.49. The Morgan fingerprint density at radius 3 is 3.05 bits per heavy atom. The van der Waals surface area contributed by atoms with Gasteiger partial charge < -0.3 is 19.9 Å². The van der Waals surface area contributed by atoms with Crippen molar-refractivity contribution in [2.24, 2.45) is 0 Å². The maximum atomic E-state index is 13.6. The Labute approximate surface area is 120 Å². The van der Waals surface area contributed by atoms with Gasteiger partial charge in [0.1, 0.15) is 0 Å². The number of nitrogens with one attached hydrogen (secondary N) is 1. The molecule has 1 saturated heterocycles. The highest BCUT2D eigenvalue weighted by Gasteiger charge is 2.29. The van der Waals surface area contributed by atoms with Gasteiger partial charge in [-0.25, -0.2) is 8.78 Å². The Morgan fingerprint density at radius 1 is 1.48 bits per heavy atom. The van der Waals surface area contributed by atoms with E-state index in [1.54, 1.807) is 0 Å². The van der Waals surface area contributed by atoms with E-state index < -0.39 is 23.6 Å². The summed E-state index contributed by atoms with van der Waals surface area (Å²) in [5.41, 5.74) is -0.360. The number of carbonyl (C=O) groups is 1. The van der Waals surface area contributed by atoms with Crippen molar-refractivity contribution in [1.29, 1.82) is 0 Å². The van der Waals surface area contributed by atoms with Crippen LogP contribution in [0.5, 0.6) is 0 Å². The molecule has 0 spiro atoms. The number of hydrogen-bond acceptors (Lipinski definition) is 4. The molecule has 2 atom stereocenters. The van der Waals surface area contributed by atoms with E-state index in [0.29, 0.717) is 13.0 Å². The van der Waals surface area contributed by atoms with Gasteiger partial charge >= 0.3 is 0 Å². The molecule has 2 N–H and O–H groups in total. The molecule has 5 nitrogen and oxygen atoms in total. The summed E-state index contributed by atoms with van der Waals surface area (Å²) in [5.74, 6) is -2.98. The third-order valence-corrected chi connectivity index (χ3v) is 3.23. The fraction of sp³-hybridized carbons (Fsp3) is 0.500. The standard InChI is InChI=1S/C14H17F2NO4/c15-10-3-1-2-9(13(10)16)14(19)17-11-8-20-6-4-12(11)21-7-5-18/h1-3,11-12,18H,4-8H2,(H,17,19)/t11-,12+/m1/s1. The van der Waals surface area contributed by atoms with E-state index in [9.17, 15) is 13.6 Å². The van der Waals surface area contributed by atoms with Gasteiger partial charge in [0.05, 0.1) is 37.5 Å². The Morgan fingerprint density at radius 2 is 2.29 bits per heavy atom. The summed E-state index contributed by atoms with van der Waals surface area (Å²) in [6, 6.07) is 2.95. The van der Waals surface area contributed by atoms with Crippen LogP contribution in [-0.4, -0.2) is 49.6 Å². The van der Waals surface area contributed by atoms with Gasteiger partial charge in [0.25, 0.3) is 5.91 Å². The minimum Gasteiger partial charge on any atom is -0.394 e. The van der Waals surface area contributed by atoms with Gasteiger partial charge in [-0.05, 0) is 18.6 Å². The minimum absolute atomic E-state index is 0.128. The van der Waals surface area contributed by atoms with Gasteiger partial charge in [0, 0.05) is 6.61 Å². The molecule has 0 bridgehead atoms. The summed E-state index contributed by atoms with van der Waals surface area (Å²) in [6.45, 7) is 0.720. The smallest absolute Gasteiger partial charge is 0.254 e. The van der Waals surface area contributed by atoms with E-state index in [2.05, 4.69) is 5.32 Å². The molecule has 1 fully saturated rings. The molecule has 2 rings (SSSR count). The fourth-order valence-corrected chi connectivity index (χ4v) is 2.18. The van der Waals surface area contributed by atoms with Crippen LogP contribution in [0.4, 0.5) is 8.78 Å². The van der Waals surface area contributed by atoms with E-state index in [0.717, 1.165) is 6.07 Å². The Hall–Kier alpha value is -1.57. The highest BCUT2D eigenvalue weighted by atomic mass is 19.2. The molecule has 116 valence electrons. The number of amides is 1. The topological polar surface area (TPSA) is 67.8 Å². The fourth-order valence-electron chi connectivity index (χ4n) is 2.18. The molecule has 1 aliphatic heterocycles. The van der Waals surface area contributed by atoms with Crippen LogP contribution in [0.3, 0.4) is 0 Å². The van der Waals surface area contributed by atoms with Gasteiger partial charge in [0.2, 0.25) is 0 Å². The van der Waals surface area contributed by atoms with Gasteiger partial charge in [0.15, 0.2) is 11.6 Å². The summed E-state index contributed by atoms with van der Waals surface area (Å²) in [5, 5.41) is 11.4. The Balaban J connectivity index is 2.04. The second-order valence-corrected chi connectivity index (χ2v) is 4.68. The first-order valence-electron chi connectivity index (χ1n) is 6.68. The first kappa shape index (κ1) is 15.8. The van der Waals surface area contributed by atoms with E-state index >= 15 is 0 Å². The number of benzene rings is 1. The zero-order valence-corrected chi connectivity index (χ0v) is 11.4. The molecule has 1 amide bonds. The molecule has 7 heteroatoms. The molecule has 0 aliphatic carbocycles. The molecule has 0 radical (unpaired) electrons. The second-order valence-electron chi connectivity index (χ2n) is 4.68. The number of carbonyl (C=O) groups excluding carboxylic acids is 1. The van der Waals surface area contributed by atoms with E-state index in [1.165, 1.54) is 12.1 Å². The minimum atomic E-state index is -1.18. The summed E-state index contributed by atoms with van der Waals surface area (Å²) >= 11 is 0. The third-order valence-electron chi connectivity index (χ3n) is 3.23. The lowest BCUT2D eigenvalue weighted by Crippen LogP contribution is -2.51. The van der Waals surface area contributed by atoms with Crippen LogP contribution in [0.15, 0.2) is 18.2 Å². The van der Waals surface area contributed by atoms with E-state index in [-0.39, 0.29) is 31.5 Å². The molecular formula is C14H17F2NO4. The lowest BCUT2D eigenvalue weighted by atomic mass is 10.1. The zero-order chi connectivity index (χ0) is 15.2. The number of halogens is 2. The number of aliphatic hydroxyl groups is 1. The lowest BCUT2D eigenvalue weighted by molar-refractivity contribution is -0.0612. The van der Waals surface area contributed by atoms with Crippen molar-refractivity contribution < 1.29 is 28.2 Å². The normalized spacial score (nSPS) is 22.0. The summed E-state index contributed by atoms with van der Waals surface area (Å²) < 4.78 is 37.4. The lowest BCUT2D eigenvalue weighted by Gasteiger charge is -2.32. The predicted octanol–water partition coefficient (Wildman–Crippen LogP) is 0.861. The quantitative estimate of drug-likeness (QED) is 0.846. The summed E-state index contributed by atoms with van der Waals surface area (Å²) in [6.07, 6.45) is 0.225. The molecule has 21 heavy (non-hydrogen) atoms. The van der Waals surface area contributed by atoms with Crippen molar-refractivity contribution >= 4 is 5.91 Å². The third kappa shape index (κ3) is 3.96. The molecule has 1 aliphatic rings. The Bertz CT molecular complexity index is 498. The summed E-state index contributed by atoms with van der Waals surface area (Å²) in [7, 11) is 0. The van der Waals surface area contributed by atoms with Crippen LogP contribution in [0.2, 0.25) is 0 Å². The van der Waals surface area contributed by atoms with Gasteiger partial charge in [-0.3, -0.25) is 4.79 Å². The van der Waals surface area contributed by atoms with Crippen LogP contribution in [0.1, 0.15) is 16.8 Å². The molecule has 1 aromatic carbocycles. The second kappa shape index (κ2) is 7.44. The SMILES string of the molecule is O=C(N[C@@H]1COCC[C@@H]1OCCO)c1cccc(F)c1F. The van der Waals surface area contributed by atoms with E-state index in [1.807, 2.05) is 0 Å². The number of rotatable bonds is 5. The molecule has 0 aromatic heterocycles.